The van der Waals surface area contributed by atoms with Crippen molar-refractivity contribution in [3.8, 4) is 0 Å². The summed E-state index contributed by atoms with van der Waals surface area (Å²) >= 11 is 0. The number of likely N-dealkylation sites (tertiary alicyclic amines) is 1. The molecule has 0 spiro atoms. The maximum absolute atomic E-state index is 13.4. The molecule has 148 valence electrons. The van der Waals surface area contributed by atoms with Crippen molar-refractivity contribution < 1.29 is 9.59 Å². The van der Waals surface area contributed by atoms with E-state index in [1.807, 2.05) is 66.1 Å². The second-order valence-corrected chi connectivity index (χ2v) is 8.00. The number of hydrogen-bond donors (Lipinski definition) is 0. The van der Waals surface area contributed by atoms with E-state index >= 15 is 0 Å². The van der Waals surface area contributed by atoms with Gasteiger partial charge in [-0.25, -0.2) is 0 Å². The largest absolute Gasteiger partial charge is 0.342 e. The molecule has 1 fully saturated rings. The third-order valence-electron chi connectivity index (χ3n) is 5.44. The first kappa shape index (κ1) is 20.1. The lowest BCUT2D eigenvalue weighted by atomic mass is 9.94. The lowest BCUT2D eigenvalue weighted by molar-refractivity contribution is -0.137. The van der Waals surface area contributed by atoms with Gasteiger partial charge in [0.05, 0.1) is 6.54 Å². The van der Waals surface area contributed by atoms with Gasteiger partial charge in [0.25, 0.3) is 0 Å². The van der Waals surface area contributed by atoms with E-state index in [1.54, 1.807) is 0 Å². The molecule has 0 unspecified atom stereocenters. The molecule has 2 aromatic carbocycles. The van der Waals surface area contributed by atoms with Gasteiger partial charge in [-0.15, -0.1) is 0 Å². The molecule has 1 aliphatic rings. The van der Waals surface area contributed by atoms with Gasteiger partial charge in [0.2, 0.25) is 11.8 Å². The zero-order valence-electron chi connectivity index (χ0n) is 17.1. The van der Waals surface area contributed by atoms with Crippen LogP contribution in [-0.2, 0) is 16.1 Å². The van der Waals surface area contributed by atoms with E-state index in [1.165, 1.54) is 5.56 Å². The zero-order chi connectivity index (χ0) is 20.1. The van der Waals surface area contributed by atoms with Crippen LogP contribution in [0.25, 0.3) is 0 Å². The average molecular weight is 379 g/mol. The predicted octanol–water partition coefficient (Wildman–Crippen LogP) is 4.42. The summed E-state index contributed by atoms with van der Waals surface area (Å²) in [4.78, 5) is 29.5. The number of benzene rings is 2. The summed E-state index contributed by atoms with van der Waals surface area (Å²) < 4.78 is 0. The highest BCUT2D eigenvalue weighted by Crippen LogP contribution is 2.26. The highest BCUT2D eigenvalue weighted by Gasteiger charge is 2.31. The Morgan fingerprint density at radius 3 is 2.18 bits per heavy atom. The summed E-state index contributed by atoms with van der Waals surface area (Å²) in [5.41, 5.74) is 3.22. The number of aryl methyl sites for hydroxylation is 1. The third kappa shape index (κ3) is 4.80. The Bertz CT molecular complexity index is 791. The lowest BCUT2D eigenvalue weighted by Crippen LogP contribution is -2.45. The number of rotatable bonds is 5. The van der Waals surface area contributed by atoms with Crippen LogP contribution in [0.5, 0.6) is 0 Å². The standard InChI is InChI=1S/C24H30N2O2/c1-18(2)23(27)25-15-13-21(14-16-25)24(28)26(17-20-7-5-4-6-8-20)22-11-9-19(3)10-12-22/h4-12,18,21H,13-17H2,1-3H3. The first-order valence-corrected chi connectivity index (χ1v) is 10.2. The van der Waals surface area contributed by atoms with Crippen molar-refractivity contribution in [3.05, 3.63) is 65.7 Å². The van der Waals surface area contributed by atoms with E-state index in [0.29, 0.717) is 19.6 Å². The number of carbonyl (C=O) groups is 2. The average Bonchev–Trinajstić information content (AvgIpc) is 2.72. The van der Waals surface area contributed by atoms with Crippen LogP contribution in [-0.4, -0.2) is 29.8 Å². The van der Waals surface area contributed by atoms with Gasteiger partial charge in [-0.2, -0.15) is 0 Å². The molecule has 0 bridgehead atoms. The molecule has 2 amide bonds. The van der Waals surface area contributed by atoms with E-state index in [0.717, 1.165) is 24.1 Å². The molecule has 4 nitrogen and oxygen atoms in total. The molecule has 0 saturated carbocycles. The summed E-state index contributed by atoms with van der Waals surface area (Å²) in [5, 5.41) is 0. The second-order valence-electron chi connectivity index (χ2n) is 8.00. The van der Waals surface area contributed by atoms with Gasteiger partial charge in [-0.05, 0) is 37.5 Å². The van der Waals surface area contributed by atoms with Gasteiger partial charge in [0, 0.05) is 30.6 Å². The molecule has 0 atom stereocenters. The Balaban J connectivity index is 1.75. The number of carbonyl (C=O) groups excluding carboxylic acids is 2. The molecular weight excluding hydrogens is 348 g/mol. The molecule has 0 aliphatic carbocycles. The predicted molar refractivity (Wildman–Crippen MR) is 113 cm³/mol. The van der Waals surface area contributed by atoms with Gasteiger partial charge in [0.1, 0.15) is 0 Å². The quantitative estimate of drug-likeness (QED) is 0.773. The van der Waals surface area contributed by atoms with Crippen molar-refractivity contribution in [1.29, 1.82) is 0 Å². The Hall–Kier alpha value is -2.62. The molecule has 0 N–H and O–H groups in total. The van der Waals surface area contributed by atoms with Crippen LogP contribution in [0.15, 0.2) is 54.6 Å². The molecule has 1 heterocycles. The summed E-state index contributed by atoms with van der Waals surface area (Å²) in [6.07, 6.45) is 1.46. The molecule has 3 rings (SSSR count). The van der Waals surface area contributed by atoms with Crippen LogP contribution in [0.4, 0.5) is 5.69 Å². The molecule has 0 radical (unpaired) electrons. The van der Waals surface area contributed by atoms with Crippen LogP contribution in [0.2, 0.25) is 0 Å². The van der Waals surface area contributed by atoms with E-state index in [4.69, 9.17) is 0 Å². The van der Waals surface area contributed by atoms with Crippen LogP contribution < -0.4 is 4.90 Å². The third-order valence-corrected chi connectivity index (χ3v) is 5.44. The van der Waals surface area contributed by atoms with Crippen LogP contribution in [0.1, 0.15) is 37.8 Å². The molecular formula is C24H30N2O2. The Labute approximate surface area is 168 Å². The monoisotopic (exact) mass is 378 g/mol. The highest BCUT2D eigenvalue weighted by atomic mass is 16.2. The van der Waals surface area contributed by atoms with Crippen molar-refractivity contribution in [2.75, 3.05) is 18.0 Å². The molecule has 1 aliphatic heterocycles. The number of amides is 2. The number of piperidine rings is 1. The first-order valence-electron chi connectivity index (χ1n) is 10.2. The number of nitrogens with zero attached hydrogens (tertiary/aromatic N) is 2. The fourth-order valence-electron chi connectivity index (χ4n) is 3.72. The molecule has 0 aromatic heterocycles. The smallest absolute Gasteiger partial charge is 0.230 e. The molecule has 4 heteroatoms. The Morgan fingerprint density at radius 2 is 1.61 bits per heavy atom. The normalized spacial score (nSPS) is 14.9. The van der Waals surface area contributed by atoms with E-state index < -0.39 is 0 Å². The van der Waals surface area contributed by atoms with E-state index in [2.05, 4.69) is 19.1 Å². The van der Waals surface area contributed by atoms with E-state index in [-0.39, 0.29) is 23.7 Å². The van der Waals surface area contributed by atoms with Crippen molar-refractivity contribution in [2.45, 2.75) is 40.2 Å². The van der Waals surface area contributed by atoms with Gasteiger partial charge >= 0.3 is 0 Å². The van der Waals surface area contributed by atoms with Gasteiger partial charge in [-0.1, -0.05) is 61.9 Å². The molecule has 2 aromatic rings. The van der Waals surface area contributed by atoms with Gasteiger partial charge < -0.3 is 9.80 Å². The maximum atomic E-state index is 13.4. The van der Waals surface area contributed by atoms with Crippen molar-refractivity contribution >= 4 is 17.5 Å². The minimum absolute atomic E-state index is 0.00869. The molecule has 1 saturated heterocycles. The van der Waals surface area contributed by atoms with Crippen LogP contribution in [0, 0.1) is 18.8 Å². The second kappa shape index (κ2) is 9.05. The first-order chi connectivity index (χ1) is 13.5. The zero-order valence-corrected chi connectivity index (χ0v) is 17.1. The Kier molecular flexibility index (Phi) is 6.50. The summed E-state index contributed by atoms with van der Waals surface area (Å²) in [5.74, 6) is 0.311. The van der Waals surface area contributed by atoms with Gasteiger partial charge in [0.15, 0.2) is 0 Å². The fourth-order valence-corrected chi connectivity index (χ4v) is 3.72. The minimum Gasteiger partial charge on any atom is -0.342 e. The Morgan fingerprint density at radius 1 is 1.00 bits per heavy atom. The van der Waals surface area contributed by atoms with Crippen molar-refractivity contribution in [3.63, 3.8) is 0 Å². The summed E-state index contributed by atoms with van der Waals surface area (Å²) in [6.45, 7) is 7.81. The molecule has 28 heavy (non-hydrogen) atoms. The summed E-state index contributed by atoms with van der Waals surface area (Å²) in [6, 6.07) is 18.2. The lowest BCUT2D eigenvalue weighted by Gasteiger charge is -2.35. The number of hydrogen-bond acceptors (Lipinski definition) is 2. The minimum atomic E-state index is -0.0405. The highest BCUT2D eigenvalue weighted by molar-refractivity contribution is 5.95. The van der Waals surface area contributed by atoms with Crippen LogP contribution >= 0.6 is 0 Å². The summed E-state index contributed by atoms with van der Waals surface area (Å²) in [7, 11) is 0. The van der Waals surface area contributed by atoms with Crippen molar-refractivity contribution in [1.82, 2.24) is 4.90 Å². The van der Waals surface area contributed by atoms with Crippen molar-refractivity contribution in [2.24, 2.45) is 11.8 Å². The number of anilines is 1. The topological polar surface area (TPSA) is 40.6 Å². The van der Waals surface area contributed by atoms with Gasteiger partial charge in [-0.3, -0.25) is 9.59 Å². The van der Waals surface area contributed by atoms with Crippen LogP contribution in [0.3, 0.4) is 0 Å². The van der Waals surface area contributed by atoms with E-state index in [9.17, 15) is 9.59 Å². The fraction of sp³-hybridized carbons (Fsp3) is 0.417. The SMILES string of the molecule is Cc1ccc(N(Cc2ccccc2)C(=O)C2CCN(C(=O)C(C)C)CC2)cc1. The maximum Gasteiger partial charge on any atom is 0.230 e.